The molecule has 1 aromatic rings. The Morgan fingerprint density at radius 2 is 2.25 bits per heavy atom. The number of hydrogen-bond acceptors (Lipinski definition) is 2. The second-order valence-corrected chi connectivity index (χ2v) is 4.85. The first-order chi connectivity index (χ1) is 7.63. The summed E-state index contributed by atoms with van der Waals surface area (Å²) in [5.74, 6) is 0.214. The van der Waals surface area contributed by atoms with E-state index in [1.165, 1.54) is 6.07 Å². The zero-order chi connectivity index (χ0) is 12.0. The molecule has 2 N–H and O–H groups in total. The van der Waals surface area contributed by atoms with Gasteiger partial charge in [-0.2, -0.15) is 0 Å². The van der Waals surface area contributed by atoms with Crippen molar-refractivity contribution in [2.45, 2.75) is 19.9 Å². The molecule has 1 unspecified atom stereocenters. The van der Waals surface area contributed by atoms with Gasteiger partial charge in [-0.1, -0.05) is 13.0 Å². The third-order valence-corrected chi connectivity index (χ3v) is 3.04. The van der Waals surface area contributed by atoms with Crippen molar-refractivity contribution in [3.63, 3.8) is 0 Å². The summed E-state index contributed by atoms with van der Waals surface area (Å²) in [6, 6.07) is 5.00. The van der Waals surface area contributed by atoms with Gasteiger partial charge in [0.05, 0.1) is 4.47 Å². The van der Waals surface area contributed by atoms with Gasteiger partial charge in [-0.25, -0.2) is 4.39 Å². The van der Waals surface area contributed by atoms with Gasteiger partial charge in [-0.15, -0.1) is 0 Å². The van der Waals surface area contributed by atoms with E-state index in [1.807, 2.05) is 0 Å². The van der Waals surface area contributed by atoms with Gasteiger partial charge in [0, 0.05) is 13.2 Å². The first-order valence-electron chi connectivity index (χ1n) is 5.39. The standard InChI is InChI=1S/C12H17BrFNO/c1-9(4-5-16)7-15-8-10-2-3-12(14)11(13)6-10/h2-3,6,9,15-16H,4-5,7-8H2,1H3. The SMILES string of the molecule is CC(CCO)CNCc1ccc(F)c(Br)c1. The molecule has 1 rings (SSSR count). The van der Waals surface area contributed by atoms with Crippen molar-refractivity contribution < 1.29 is 9.50 Å². The molecular weight excluding hydrogens is 273 g/mol. The number of aliphatic hydroxyl groups is 1. The molecule has 0 saturated carbocycles. The fourth-order valence-electron chi connectivity index (χ4n) is 1.43. The minimum Gasteiger partial charge on any atom is -0.396 e. The maximum atomic E-state index is 13.0. The largest absolute Gasteiger partial charge is 0.396 e. The van der Waals surface area contributed by atoms with Gasteiger partial charge >= 0.3 is 0 Å². The van der Waals surface area contributed by atoms with Crippen molar-refractivity contribution in [1.29, 1.82) is 0 Å². The number of nitrogens with one attached hydrogen (secondary N) is 1. The Morgan fingerprint density at radius 1 is 1.50 bits per heavy atom. The average Bonchev–Trinajstić information content (AvgIpc) is 2.24. The highest BCUT2D eigenvalue weighted by Gasteiger charge is 2.02. The normalized spacial score (nSPS) is 12.8. The minimum absolute atomic E-state index is 0.227. The molecule has 0 heterocycles. The predicted molar refractivity (Wildman–Crippen MR) is 66.7 cm³/mol. The van der Waals surface area contributed by atoms with Crippen LogP contribution in [0.4, 0.5) is 4.39 Å². The molecule has 0 saturated heterocycles. The molecule has 90 valence electrons. The van der Waals surface area contributed by atoms with Gasteiger partial charge in [0.1, 0.15) is 5.82 Å². The fraction of sp³-hybridized carbons (Fsp3) is 0.500. The molecular formula is C12H17BrFNO. The molecule has 0 aliphatic heterocycles. The average molecular weight is 290 g/mol. The lowest BCUT2D eigenvalue weighted by atomic mass is 10.1. The Kier molecular flexibility index (Phi) is 5.95. The van der Waals surface area contributed by atoms with Gasteiger partial charge < -0.3 is 10.4 Å². The molecule has 0 aliphatic rings. The Hall–Kier alpha value is -0.450. The monoisotopic (exact) mass is 289 g/mol. The van der Waals surface area contributed by atoms with E-state index in [0.29, 0.717) is 16.9 Å². The Balaban J connectivity index is 2.34. The molecule has 0 spiro atoms. The third-order valence-electron chi connectivity index (χ3n) is 2.43. The van der Waals surface area contributed by atoms with E-state index >= 15 is 0 Å². The van der Waals surface area contributed by atoms with Crippen molar-refractivity contribution >= 4 is 15.9 Å². The van der Waals surface area contributed by atoms with Gasteiger partial charge in [0.2, 0.25) is 0 Å². The van der Waals surface area contributed by atoms with Crippen molar-refractivity contribution in [3.05, 3.63) is 34.1 Å². The molecule has 0 bridgehead atoms. The summed E-state index contributed by atoms with van der Waals surface area (Å²) < 4.78 is 13.4. The molecule has 4 heteroatoms. The van der Waals surface area contributed by atoms with Crippen LogP contribution in [0.5, 0.6) is 0 Å². The van der Waals surface area contributed by atoms with Crippen LogP contribution in [0.25, 0.3) is 0 Å². The number of halogens is 2. The first-order valence-corrected chi connectivity index (χ1v) is 6.18. The maximum absolute atomic E-state index is 13.0. The van der Waals surface area contributed by atoms with Crippen LogP contribution in [0, 0.1) is 11.7 Å². The summed E-state index contributed by atoms with van der Waals surface area (Å²) in [5, 5.41) is 12.0. The van der Waals surface area contributed by atoms with Crippen LogP contribution in [0.15, 0.2) is 22.7 Å². The zero-order valence-electron chi connectivity index (χ0n) is 9.34. The first kappa shape index (κ1) is 13.6. The number of rotatable bonds is 6. The van der Waals surface area contributed by atoms with Crippen molar-refractivity contribution in [3.8, 4) is 0 Å². The highest BCUT2D eigenvalue weighted by atomic mass is 79.9. The van der Waals surface area contributed by atoms with Crippen molar-refractivity contribution in [2.24, 2.45) is 5.92 Å². The second-order valence-electron chi connectivity index (χ2n) is 4.00. The molecule has 16 heavy (non-hydrogen) atoms. The topological polar surface area (TPSA) is 32.3 Å². The predicted octanol–water partition coefficient (Wildman–Crippen LogP) is 2.70. The van der Waals surface area contributed by atoms with E-state index in [-0.39, 0.29) is 12.4 Å². The third kappa shape index (κ3) is 4.60. The number of aliphatic hydroxyl groups excluding tert-OH is 1. The van der Waals surface area contributed by atoms with Gasteiger partial charge in [-0.05, 0) is 52.5 Å². The molecule has 1 atom stereocenters. The van der Waals surface area contributed by atoms with Crippen LogP contribution in [0.3, 0.4) is 0 Å². The van der Waals surface area contributed by atoms with E-state index in [4.69, 9.17) is 5.11 Å². The molecule has 0 aliphatic carbocycles. The van der Waals surface area contributed by atoms with Crippen molar-refractivity contribution in [1.82, 2.24) is 5.32 Å². The summed E-state index contributed by atoms with van der Waals surface area (Å²) >= 11 is 3.16. The van der Waals surface area contributed by atoms with Crippen LogP contribution in [-0.4, -0.2) is 18.3 Å². The maximum Gasteiger partial charge on any atom is 0.137 e. The lowest BCUT2D eigenvalue weighted by Crippen LogP contribution is -2.21. The van der Waals surface area contributed by atoms with Crippen molar-refractivity contribution in [2.75, 3.05) is 13.2 Å². The lowest BCUT2D eigenvalue weighted by molar-refractivity contribution is 0.260. The van der Waals surface area contributed by atoms with Crippen LogP contribution in [0.1, 0.15) is 18.9 Å². The van der Waals surface area contributed by atoms with E-state index in [9.17, 15) is 4.39 Å². The Labute approximate surface area is 104 Å². The van der Waals surface area contributed by atoms with E-state index < -0.39 is 0 Å². The summed E-state index contributed by atoms with van der Waals surface area (Å²) in [7, 11) is 0. The van der Waals surface area contributed by atoms with Crippen LogP contribution in [0.2, 0.25) is 0 Å². The van der Waals surface area contributed by atoms with E-state index in [2.05, 4.69) is 28.2 Å². The van der Waals surface area contributed by atoms with Crippen LogP contribution >= 0.6 is 15.9 Å². The van der Waals surface area contributed by atoms with E-state index in [1.54, 1.807) is 12.1 Å². The summed E-state index contributed by atoms with van der Waals surface area (Å²) in [4.78, 5) is 0. The quantitative estimate of drug-likeness (QED) is 0.844. The Bertz CT molecular complexity index is 333. The molecule has 2 nitrogen and oxygen atoms in total. The highest BCUT2D eigenvalue weighted by molar-refractivity contribution is 9.10. The number of benzene rings is 1. The summed E-state index contributed by atoms with van der Waals surface area (Å²) in [6.07, 6.45) is 0.806. The smallest absolute Gasteiger partial charge is 0.137 e. The van der Waals surface area contributed by atoms with Gasteiger partial charge in [0.15, 0.2) is 0 Å². The summed E-state index contributed by atoms with van der Waals surface area (Å²) in [5.41, 5.74) is 1.05. The minimum atomic E-state index is -0.239. The lowest BCUT2D eigenvalue weighted by Gasteiger charge is -2.11. The molecule has 0 amide bonds. The molecule has 0 radical (unpaired) electrons. The van der Waals surface area contributed by atoms with E-state index in [0.717, 1.165) is 18.5 Å². The molecule has 1 aromatic carbocycles. The number of hydrogen-bond donors (Lipinski definition) is 2. The zero-order valence-corrected chi connectivity index (χ0v) is 10.9. The fourth-order valence-corrected chi connectivity index (χ4v) is 1.86. The highest BCUT2D eigenvalue weighted by Crippen LogP contribution is 2.16. The molecule has 0 aromatic heterocycles. The van der Waals surface area contributed by atoms with Gasteiger partial charge in [0.25, 0.3) is 0 Å². The molecule has 0 fully saturated rings. The van der Waals surface area contributed by atoms with Gasteiger partial charge in [-0.3, -0.25) is 0 Å². The van der Waals surface area contributed by atoms with Crippen LogP contribution in [-0.2, 0) is 6.54 Å². The summed E-state index contributed by atoms with van der Waals surface area (Å²) in [6.45, 7) is 3.89. The second kappa shape index (κ2) is 6.99. The Morgan fingerprint density at radius 3 is 2.88 bits per heavy atom. The van der Waals surface area contributed by atoms with Crippen LogP contribution < -0.4 is 5.32 Å².